The Morgan fingerprint density at radius 3 is 2.71 bits per heavy atom. The van der Waals surface area contributed by atoms with Crippen LogP contribution in [0.3, 0.4) is 0 Å². The number of nitrogens with zero attached hydrogens (tertiary/aromatic N) is 2. The van der Waals surface area contributed by atoms with Crippen molar-refractivity contribution < 1.29 is 4.55 Å². The molecule has 1 aromatic carbocycles. The minimum atomic E-state index is -1.27. The third kappa shape index (κ3) is 4.87. The molecule has 1 atom stereocenters. The van der Waals surface area contributed by atoms with E-state index in [-0.39, 0.29) is 4.75 Å². The van der Waals surface area contributed by atoms with E-state index in [0.29, 0.717) is 5.56 Å². The quantitative estimate of drug-likeness (QED) is 0.609. The maximum Gasteiger partial charge on any atom is 0.144 e. The second kappa shape index (κ2) is 6.64. The summed E-state index contributed by atoms with van der Waals surface area (Å²) in [5, 5.41) is 9.03. The maximum atomic E-state index is 12.3. The largest absolute Gasteiger partial charge is 0.591 e. The van der Waals surface area contributed by atoms with Crippen LogP contribution in [0.25, 0.3) is 0 Å². The summed E-state index contributed by atoms with van der Waals surface area (Å²) < 4.78 is 16.4. The van der Waals surface area contributed by atoms with E-state index in [2.05, 4.69) is 10.5 Å². The fraction of sp³-hybridized carbons (Fsp3) is 0.529. The molecule has 1 saturated carbocycles. The van der Waals surface area contributed by atoms with Crippen molar-refractivity contribution in [1.82, 2.24) is 0 Å². The Morgan fingerprint density at radius 1 is 1.43 bits per heavy atom. The van der Waals surface area contributed by atoms with Gasteiger partial charge in [0.25, 0.3) is 0 Å². The first kappa shape index (κ1) is 16.1. The summed E-state index contributed by atoms with van der Waals surface area (Å²) in [6.07, 6.45) is 4.53. The summed E-state index contributed by atoms with van der Waals surface area (Å²) in [6.45, 7) is 5.78. The lowest BCUT2D eigenvalue weighted by molar-refractivity contribution is 0.561. The van der Waals surface area contributed by atoms with Gasteiger partial charge in [0.15, 0.2) is 0 Å². The highest BCUT2D eigenvalue weighted by atomic mass is 32.2. The van der Waals surface area contributed by atoms with Gasteiger partial charge in [-0.1, -0.05) is 29.4 Å². The SMILES string of the molecule is CC(C)(C)[S+]([O-])/N=C(/CCC1CC1)c1cccc(C#N)c1. The van der Waals surface area contributed by atoms with Crippen LogP contribution in [0.1, 0.15) is 57.6 Å². The summed E-state index contributed by atoms with van der Waals surface area (Å²) in [4.78, 5) is 0. The van der Waals surface area contributed by atoms with Crippen molar-refractivity contribution in [3.8, 4) is 6.07 Å². The molecule has 0 aliphatic heterocycles. The van der Waals surface area contributed by atoms with Crippen LogP contribution in [-0.2, 0) is 11.4 Å². The molecule has 0 N–H and O–H groups in total. The molecule has 1 aliphatic carbocycles. The van der Waals surface area contributed by atoms with E-state index < -0.39 is 11.4 Å². The van der Waals surface area contributed by atoms with Crippen LogP contribution in [0, 0.1) is 17.2 Å². The van der Waals surface area contributed by atoms with E-state index >= 15 is 0 Å². The molecule has 0 radical (unpaired) electrons. The van der Waals surface area contributed by atoms with Crippen molar-refractivity contribution in [1.29, 1.82) is 5.26 Å². The number of hydrogen-bond acceptors (Lipinski definition) is 3. The number of nitriles is 1. The zero-order valence-corrected chi connectivity index (χ0v) is 13.7. The normalized spacial score (nSPS) is 17.4. The minimum absolute atomic E-state index is 0.363. The molecule has 1 fully saturated rings. The molecular formula is C17H22N2OS. The first-order valence-electron chi connectivity index (χ1n) is 7.40. The molecule has 0 saturated heterocycles. The van der Waals surface area contributed by atoms with E-state index in [1.807, 2.05) is 39.0 Å². The summed E-state index contributed by atoms with van der Waals surface area (Å²) in [6, 6.07) is 9.58. The standard InChI is InChI=1S/C17H22N2OS/c1-17(2,3)21(20)19-16(10-9-13-7-8-13)15-6-4-5-14(11-15)12-18/h4-6,11,13H,7-10H2,1-3H3/b19-16-. The molecular weight excluding hydrogens is 280 g/mol. The average molecular weight is 302 g/mol. The Hall–Kier alpha value is -1.31. The van der Waals surface area contributed by atoms with Crippen molar-refractivity contribution in [2.75, 3.05) is 0 Å². The lowest BCUT2D eigenvalue weighted by Crippen LogP contribution is -2.27. The Morgan fingerprint density at radius 2 is 2.14 bits per heavy atom. The summed E-state index contributed by atoms with van der Waals surface area (Å²) >= 11 is -1.27. The first-order valence-corrected chi connectivity index (χ1v) is 8.51. The van der Waals surface area contributed by atoms with Gasteiger partial charge < -0.3 is 4.55 Å². The number of rotatable bonds is 5. The van der Waals surface area contributed by atoms with E-state index in [9.17, 15) is 4.55 Å². The Balaban J connectivity index is 2.25. The predicted octanol–water partition coefficient (Wildman–Crippen LogP) is 4.00. The van der Waals surface area contributed by atoms with E-state index in [1.165, 1.54) is 12.8 Å². The van der Waals surface area contributed by atoms with Gasteiger partial charge in [-0.25, -0.2) is 0 Å². The van der Waals surface area contributed by atoms with Gasteiger partial charge in [0.1, 0.15) is 16.1 Å². The van der Waals surface area contributed by atoms with Crippen LogP contribution in [0.2, 0.25) is 0 Å². The maximum absolute atomic E-state index is 12.3. The molecule has 0 amide bonds. The Labute approximate surface area is 130 Å². The third-order valence-corrected chi connectivity index (χ3v) is 4.96. The second-order valence-electron chi connectivity index (χ2n) is 6.57. The molecule has 1 unspecified atom stereocenters. The van der Waals surface area contributed by atoms with Gasteiger partial charge in [0.2, 0.25) is 0 Å². The smallest absolute Gasteiger partial charge is 0.144 e. The summed E-state index contributed by atoms with van der Waals surface area (Å²) in [5.74, 6) is 0.803. The molecule has 1 aromatic rings. The monoisotopic (exact) mass is 302 g/mol. The number of benzene rings is 1. The highest BCUT2D eigenvalue weighted by molar-refractivity contribution is 7.91. The summed E-state index contributed by atoms with van der Waals surface area (Å²) in [7, 11) is 0. The molecule has 3 nitrogen and oxygen atoms in total. The fourth-order valence-electron chi connectivity index (χ4n) is 2.00. The molecule has 112 valence electrons. The second-order valence-corrected chi connectivity index (χ2v) is 8.48. The highest BCUT2D eigenvalue weighted by Gasteiger charge is 2.28. The first-order chi connectivity index (χ1) is 9.90. The average Bonchev–Trinajstić information content (AvgIpc) is 3.26. The van der Waals surface area contributed by atoms with Gasteiger partial charge >= 0.3 is 0 Å². The lowest BCUT2D eigenvalue weighted by Gasteiger charge is -2.19. The molecule has 21 heavy (non-hydrogen) atoms. The zero-order chi connectivity index (χ0) is 15.5. The molecule has 0 bridgehead atoms. The lowest BCUT2D eigenvalue weighted by atomic mass is 10.0. The minimum Gasteiger partial charge on any atom is -0.591 e. The van der Waals surface area contributed by atoms with Gasteiger partial charge in [-0.15, -0.1) is 0 Å². The van der Waals surface area contributed by atoms with Crippen molar-refractivity contribution >= 4 is 17.1 Å². The van der Waals surface area contributed by atoms with Crippen molar-refractivity contribution in [2.45, 2.75) is 51.2 Å². The molecule has 0 heterocycles. The molecule has 2 rings (SSSR count). The molecule has 4 heteroatoms. The van der Waals surface area contributed by atoms with Crippen LogP contribution in [0.5, 0.6) is 0 Å². The summed E-state index contributed by atoms with van der Waals surface area (Å²) in [5.41, 5.74) is 2.41. The van der Waals surface area contributed by atoms with Crippen LogP contribution in [-0.4, -0.2) is 15.0 Å². The fourth-order valence-corrected chi connectivity index (χ4v) is 2.67. The van der Waals surface area contributed by atoms with Gasteiger partial charge in [-0.05, 0) is 51.7 Å². The Bertz CT molecular complexity index is 565. The van der Waals surface area contributed by atoms with E-state index in [0.717, 1.165) is 30.0 Å². The predicted molar refractivity (Wildman–Crippen MR) is 87.5 cm³/mol. The van der Waals surface area contributed by atoms with Crippen molar-refractivity contribution in [3.63, 3.8) is 0 Å². The van der Waals surface area contributed by atoms with Crippen molar-refractivity contribution in [3.05, 3.63) is 35.4 Å². The molecule has 1 aliphatic rings. The van der Waals surface area contributed by atoms with Crippen LogP contribution in [0.4, 0.5) is 0 Å². The van der Waals surface area contributed by atoms with Crippen LogP contribution in [0.15, 0.2) is 28.7 Å². The highest BCUT2D eigenvalue weighted by Crippen LogP contribution is 2.34. The third-order valence-electron chi connectivity index (χ3n) is 3.53. The number of hydrogen-bond donors (Lipinski definition) is 0. The van der Waals surface area contributed by atoms with Crippen LogP contribution < -0.4 is 0 Å². The van der Waals surface area contributed by atoms with Gasteiger partial charge in [-0.3, -0.25) is 0 Å². The van der Waals surface area contributed by atoms with Gasteiger partial charge in [-0.2, -0.15) is 5.26 Å². The van der Waals surface area contributed by atoms with Crippen molar-refractivity contribution in [2.24, 2.45) is 10.3 Å². The Kier molecular flexibility index (Phi) is 5.08. The topological polar surface area (TPSA) is 59.2 Å². The van der Waals surface area contributed by atoms with Crippen LogP contribution >= 0.6 is 0 Å². The van der Waals surface area contributed by atoms with E-state index in [4.69, 9.17) is 5.26 Å². The van der Waals surface area contributed by atoms with Gasteiger partial charge in [0, 0.05) is 5.56 Å². The molecule has 0 spiro atoms. The zero-order valence-electron chi connectivity index (χ0n) is 12.9. The molecule has 0 aromatic heterocycles. The van der Waals surface area contributed by atoms with E-state index in [1.54, 1.807) is 6.07 Å². The van der Waals surface area contributed by atoms with Gasteiger partial charge in [0.05, 0.1) is 17.3 Å².